The number of nitrogens with zero attached hydrogens (tertiary/aromatic N) is 1. The Labute approximate surface area is 120 Å². The zero-order valence-electron chi connectivity index (χ0n) is 11.3. The van der Waals surface area contributed by atoms with Gasteiger partial charge in [-0.1, -0.05) is 18.2 Å². The van der Waals surface area contributed by atoms with E-state index in [2.05, 4.69) is 0 Å². The lowest BCUT2D eigenvalue weighted by molar-refractivity contribution is -0.114. The van der Waals surface area contributed by atoms with E-state index >= 15 is 0 Å². The molecule has 2 aromatic carbocycles. The molecular weight excluding hydrogens is 273 g/mol. The molecule has 3 rings (SSSR count). The van der Waals surface area contributed by atoms with Crippen molar-refractivity contribution in [2.24, 2.45) is 0 Å². The van der Waals surface area contributed by atoms with Crippen LogP contribution >= 0.6 is 0 Å². The van der Waals surface area contributed by atoms with E-state index in [4.69, 9.17) is 4.74 Å². The number of benzene rings is 2. The number of ether oxygens (including phenoxy) is 1. The predicted molar refractivity (Wildman–Crippen MR) is 74.9 cm³/mol. The summed E-state index contributed by atoms with van der Waals surface area (Å²) in [6, 6.07) is 11.3. The number of Topliss-reactive ketones (excluding diaryl/α,β-unsaturated/α-hetero) is 1. The van der Waals surface area contributed by atoms with Crippen molar-refractivity contribution in [1.29, 1.82) is 0 Å². The van der Waals surface area contributed by atoms with Crippen molar-refractivity contribution in [3.63, 3.8) is 0 Å². The van der Waals surface area contributed by atoms with Crippen molar-refractivity contribution >= 4 is 17.4 Å². The van der Waals surface area contributed by atoms with Crippen LogP contribution in [0.15, 0.2) is 42.5 Å². The average Bonchev–Trinajstić information content (AvgIpc) is 2.73. The van der Waals surface area contributed by atoms with Crippen LogP contribution in [0.2, 0.25) is 0 Å². The van der Waals surface area contributed by atoms with Gasteiger partial charge in [0.1, 0.15) is 0 Å². The molecule has 1 heterocycles. The third-order valence-corrected chi connectivity index (χ3v) is 3.44. The Kier molecular flexibility index (Phi) is 3.17. The molecule has 0 spiro atoms. The van der Waals surface area contributed by atoms with E-state index in [1.165, 1.54) is 24.1 Å². The van der Waals surface area contributed by atoms with Gasteiger partial charge < -0.3 is 9.64 Å². The summed E-state index contributed by atoms with van der Waals surface area (Å²) in [6.07, 6.45) is 0. The minimum absolute atomic E-state index is 0.141. The molecule has 0 unspecified atom stereocenters. The van der Waals surface area contributed by atoms with Crippen LogP contribution in [-0.4, -0.2) is 18.8 Å². The highest BCUT2D eigenvalue weighted by Gasteiger charge is 2.35. The van der Waals surface area contributed by atoms with E-state index in [1.54, 1.807) is 30.3 Å². The number of halogens is 1. The molecule has 2 aromatic rings. The highest BCUT2D eigenvalue weighted by atomic mass is 19.1. The molecule has 1 amide bonds. The summed E-state index contributed by atoms with van der Waals surface area (Å²) in [7, 11) is 1.39. The van der Waals surface area contributed by atoms with Crippen LogP contribution in [0, 0.1) is 5.82 Å². The van der Waals surface area contributed by atoms with Gasteiger partial charge in [-0.05, 0) is 29.8 Å². The van der Waals surface area contributed by atoms with Crippen LogP contribution in [-0.2, 0) is 11.3 Å². The number of methoxy groups -OCH3 is 1. The fourth-order valence-electron chi connectivity index (χ4n) is 2.40. The van der Waals surface area contributed by atoms with Gasteiger partial charge in [-0.3, -0.25) is 9.59 Å². The molecule has 0 aromatic heterocycles. The number of rotatable bonds is 3. The van der Waals surface area contributed by atoms with Crippen molar-refractivity contribution in [2.45, 2.75) is 6.54 Å². The van der Waals surface area contributed by atoms with Crippen molar-refractivity contribution in [1.82, 2.24) is 0 Å². The zero-order valence-corrected chi connectivity index (χ0v) is 11.3. The topological polar surface area (TPSA) is 46.6 Å². The third kappa shape index (κ3) is 2.16. The van der Waals surface area contributed by atoms with E-state index in [1.807, 2.05) is 0 Å². The predicted octanol–water partition coefficient (Wildman–Crippen LogP) is 2.56. The second kappa shape index (κ2) is 5.01. The maximum absolute atomic E-state index is 13.7. The first-order valence-electron chi connectivity index (χ1n) is 6.39. The number of para-hydroxylation sites is 1. The molecule has 1 aliphatic rings. The van der Waals surface area contributed by atoms with Gasteiger partial charge >= 0.3 is 0 Å². The Balaban J connectivity index is 1.93. The molecule has 0 aliphatic carbocycles. The van der Waals surface area contributed by atoms with Crippen molar-refractivity contribution in [3.8, 4) is 5.75 Å². The molecule has 4 nitrogen and oxygen atoms in total. The molecule has 0 bridgehead atoms. The monoisotopic (exact) mass is 285 g/mol. The molecule has 0 saturated heterocycles. The molecule has 0 N–H and O–H groups in total. The first-order valence-corrected chi connectivity index (χ1v) is 6.39. The molecule has 0 atom stereocenters. The fourth-order valence-corrected chi connectivity index (χ4v) is 2.40. The quantitative estimate of drug-likeness (QED) is 0.814. The SMILES string of the molecule is COc1ccc(CN2C(=O)C(=O)c3ccccc32)cc1F. The Morgan fingerprint density at radius 1 is 1.14 bits per heavy atom. The van der Waals surface area contributed by atoms with Gasteiger partial charge in [-0.25, -0.2) is 4.39 Å². The number of fused-ring (bicyclic) bond motifs is 1. The fraction of sp³-hybridized carbons (Fsp3) is 0.125. The van der Waals surface area contributed by atoms with Gasteiger partial charge in [0.25, 0.3) is 11.7 Å². The molecule has 0 radical (unpaired) electrons. The largest absolute Gasteiger partial charge is 0.494 e. The second-order valence-electron chi connectivity index (χ2n) is 4.71. The number of amides is 1. The summed E-state index contributed by atoms with van der Waals surface area (Å²) < 4.78 is 18.6. The minimum Gasteiger partial charge on any atom is -0.494 e. The number of carbonyl (C=O) groups is 2. The summed E-state index contributed by atoms with van der Waals surface area (Å²) in [6.45, 7) is 0.141. The maximum Gasteiger partial charge on any atom is 0.299 e. The van der Waals surface area contributed by atoms with Crippen LogP contribution in [0.5, 0.6) is 5.75 Å². The van der Waals surface area contributed by atoms with Crippen molar-refractivity contribution < 1.29 is 18.7 Å². The molecule has 5 heteroatoms. The summed E-state index contributed by atoms with van der Waals surface area (Å²) in [4.78, 5) is 25.3. The molecule has 1 aliphatic heterocycles. The minimum atomic E-state index is -0.590. The van der Waals surface area contributed by atoms with Gasteiger partial charge in [0.05, 0.1) is 24.9 Å². The van der Waals surface area contributed by atoms with Gasteiger partial charge in [-0.15, -0.1) is 0 Å². The smallest absolute Gasteiger partial charge is 0.299 e. The van der Waals surface area contributed by atoms with Crippen LogP contribution in [0.1, 0.15) is 15.9 Å². The Morgan fingerprint density at radius 2 is 1.90 bits per heavy atom. The highest BCUT2D eigenvalue weighted by molar-refractivity contribution is 6.52. The lowest BCUT2D eigenvalue weighted by Gasteiger charge is -2.16. The van der Waals surface area contributed by atoms with Gasteiger partial charge in [0.2, 0.25) is 0 Å². The third-order valence-electron chi connectivity index (χ3n) is 3.44. The molecular formula is C16H12FNO3. The Bertz CT molecular complexity index is 742. The maximum atomic E-state index is 13.7. The van der Waals surface area contributed by atoms with Crippen molar-refractivity contribution in [3.05, 3.63) is 59.4 Å². The number of anilines is 1. The van der Waals surface area contributed by atoms with Crippen LogP contribution in [0.4, 0.5) is 10.1 Å². The lowest BCUT2D eigenvalue weighted by atomic mass is 10.1. The molecule has 0 saturated carbocycles. The number of hydrogen-bond donors (Lipinski definition) is 0. The summed E-state index contributed by atoms with van der Waals surface area (Å²) >= 11 is 0. The molecule has 0 fully saturated rings. The lowest BCUT2D eigenvalue weighted by Crippen LogP contribution is -2.29. The standard InChI is InChI=1S/C16H12FNO3/c1-21-14-7-6-10(8-12(14)17)9-18-13-5-3-2-4-11(13)15(19)16(18)20/h2-8H,9H2,1H3. The first kappa shape index (κ1) is 13.3. The van der Waals surface area contributed by atoms with Crippen LogP contribution in [0.25, 0.3) is 0 Å². The van der Waals surface area contributed by atoms with Gasteiger partial charge in [0, 0.05) is 0 Å². The first-order chi connectivity index (χ1) is 10.1. The number of hydrogen-bond acceptors (Lipinski definition) is 3. The number of ketones is 1. The highest BCUT2D eigenvalue weighted by Crippen LogP contribution is 2.30. The van der Waals surface area contributed by atoms with Gasteiger partial charge in [-0.2, -0.15) is 0 Å². The van der Waals surface area contributed by atoms with Crippen LogP contribution < -0.4 is 9.64 Å². The van der Waals surface area contributed by atoms with Crippen molar-refractivity contribution in [2.75, 3.05) is 12.0 Å². The zero-order chi connectivity index (χ0) is 15.0. The normalized spacial score (nSPS) is 13.5. The summed E-state index contributed by atoms with van der Waals surface area (Å²) in [5.41, 5.74) is 1.53. The van der Waals surface area contributed by atoms with E-state index in [0.717, 1.165) is 0 Å². The Hall–Kier alpha value is -2.69. The molecule has 106 valence electrons. The van der Waals surface area contributed by atoms with E-state index in [9.17, 15) is 14.0 Å². The van der Waals surface area contributed by atoms with E-state index in [0.29, 0.717) is 16.8 Å². The second-order valence-corrected chi connectivity index (χ2v) is 4.71. The van der Waals surface area contributed by atoms with E-state index in [-0.39, 0.29) is 12.3 Å². The molecule has 21 heavy (non-hydrogen) atoms. The summed E-state index contributed by atoms with van der Waals surface area (Å²) in [5, 5.41) is 0. The number of carbonyl (C=O) groups excluding carboxylic acids is 2. The Morgan fingerprint density at radius 3 is 2.62 bits per heavy atom. The van der Waals surface area contributed by atoms with Gasteiger partial charge in [0.15, 0.2) is 11.6 Å². The summed E-state index contributed by atoms with van der Waals surface area (Å²) in [5.74, 6) is -1.48. The van der Waals surface area contributed by atoms with Crippen LogP contribution in [0.3, 0.4) is 0 Å². The van der Waals surface area contributed by atoms with E-state index < -0.39 is 17.5 Å². The average molecular weight is 285 g/mol.